The highest BCUT2D eigenvalue weighted by molar-refractivity contribution is 6.03. The molecule has 1 aliphatic carbocycles. The van der Waals surface area contributed by atoms with Gasteiger partial charge in [0.2, 0.25) is 0 Å². The fourth-order valence-corrected chi connectivity index (χ4v) is 4.38. The van der Waals surface area contributed by atoms with Gasteiger partial charge in [0.1, 0.15) is 0 Å². The Morgan fingerprint density at radius 3 is 2.52 bits per heavy atom. The predicted molar refractivity (Wildman–Crippen MR) is 127 cm³/mol. The van der Waals surface area contributed by atoms with Gasteiger partial charge in [-0.05, 0) is 74.4 Å². The molecule has 0 unspecified atom stereocenters. The van der Waals surface area contributed by atoms with E-state index in [2.05, 4.69) is 68.6 Å². The third-order valence-corrected chi connectivity index (χ3v) is 6.17. The number of non-ortho nitro benzene ring substituents is 1. The Hall–Kier alpha value is -3.74. The Kier molecular flexibility index (Phi) is 5.66. The first kappa shape index (κ1) is 22.5. The minimum Gasteiger partial charge on any atom is -0.318 e. The van der Waals surface area contributed by atoms with Crippen molar-refractivity contribution in [2.45, 2.75) is 47.5 Å². The summed E-state index contributed by atoms with van der Waals surface area (Å²) in [6.07, 6.45) is 1.51. The number of hydrogen-bond donors (Lipinski definition) is 0. The molecule has 1 heterocycles. The topological polar surface area (TPSA) is 86.7 Å². The van der Waals surface area contributed by atoms with Crippen molar-refractivity contribution in [2.24, 2.45) is 10.6 Å². The van der Waals surface area contributed by atoms with E-state index < -0.39 is 10.9 Å². The molecule has 0 atom stereocenters. The first-order chi connectivity index (χ1) is 15.6. The molecule has 7 heteroatoms. The van der Waals surface area contributed by atoms with Crippen LogP contribution >= 0.6 is 0 Å². The average Bonchev–Trinajstić information content (AvgIpc) is 3.08. The second-order valence-corrected chi connectivity index (χ2v) is 9.49. The summed E-state index contributed by atoms with van der Waals surface area (Å²) in [5, 5.41) is 15.2. The first-order valence-corrected chi connectivity index (χ1v) is 10.9. The molecule has 170 valence electrons. The number of carbonyl (C=O) groups is 1. The normalized spacial score (nSPS) is 15.8. The van der Waals surface area contributed by atoms with Gasteiger partial charge < -0.3 is 9.40 Å². The zero-order valence-electron chi connectivity index (χ0n) is 19.5. The Balaban J connectivity index is 1.71. The number of oxime groups is 1. The molecule has 1 aromatic heterocycles. The maximum Gasteiger partial charge on any atom is 0.365 e. The van der Waals surface area contributed by atoms with Crippen molar-refractivity contribution in [1.82, 2.24) is 4.57 Å². The standard InChI is InChI=1S/C26H27N3O4/c1-16-9-10-20(11-17(16)2)28-18(3)12-22-23(14-26(4,5)15-24(22)28)27-33-25(30)19-7-6-8-21(13-19)29(31)32/h6-13H,14-15H2,1-5H3/b27-23+. The number of aryl methyl sites for hydroxylation is 3. The highest BCUT2D eigenvalue weighted by Gasteiger charge is 2.34. The van der Waals surface area contributed by atoms with Crippen LogP contribution in [0.15, 0.2) is 53.7 Å². The van der Waals surface area contributed by atoms with Gasteiger partial charge in [0.05, 0.1) is 16.2 Å². The van der Waals surface area contributed by atoms with Crippen LogP contribution in [0.1, 0.15) is 58.7 Å². The fourth-order valence-electron chi connectivity index (χ4n) is 4.38. The van der Waals surface area contributed by atoms with E-state index >= 15 is 0 Å². The number of carbonyl (C=O) groups excluding carboxylic acids is 1. The van der Waals surface area contributed by atoms with Gasteiger partial charge in [-0.2, -0.15) is 0 Å². The molecular weight excluding hydrogens is 418 g/mol. The maximum atomic E-state index is 12.5. The minimum absolute atomic E-state index is 0.0773. The summed E-state index contributed by atoms with van der Waals surface area (Å²) in [7, 11) is 0. The summed E-state index contributed by atoms with van der Waals surface area (Å²) in [5.74, 6) is -0.721. The lowest BCUT2D eigenvalue weighted by Crippen LogP contribution is -2.28. The van der Waals surface area contributed by atoms with E-state index in [1.54, 1.807) is 0 Å². The van der Waals surface area contributed by atoms with Crippen LogP contribution in [0.3, 0.4) is 0 Å². The lowest BCUT2D eigenvalue weighted by molar-refractivity contribution is -0.384. The van der Waals surface area contributed by atoms with Gasteiger partial charge in [-0.15, -0.1) is 0 Å². The van der Waals surface area contributed by atoms with Crippen molar-refractivity contribution in [1.29, 1.82) is 0 Å². The van der Waals surface area contributed by atoms with Crippen LogP contribution in [-0.4, -0.2) is 21.2 Å². The maximum absolute atomic E-state index is 12.5. The summed E-state index contributed by atoms with van der Waals surface area (Å²) in [6.45, 7) is 10.6. The molecular formula is C26H27N3O4. The lowest BCUT2D eigenvalue weighted by atomic mass is 9.76. The zero-order chi connectivity index (χ0) is 23.9. The first-order valence-electron chi connectivity index (χ1n) is 10.9. The van der Waals surface area contributed by atoms with Crippen LogP contribution in [0.4, 0.5) is 5.69 Å². The molecule has 33 heavy (non-hydrogen) atoms. The van der Waals surface area contributed by atoms with E-state index in [4.69, 9.17) is 4.84 Å². The molecule has 0 N–H and O–H groups in total. The van der Waals surface area contributed by atoms with Gasteiger partial charge in [0, 0.05) is 34.8 Å². The van der Waals surface area contributed by atoms with Gasteiger partial charge in [-0.3, -0.25) is 10.1 Å². The average molecular weight is 446 g/mol. The SMILES string of the molecule is Cc1ccc(-n2c(C)cc3c2CC(C)(C)C/C3=N\OC(=O)c2cccc([N+](=O)[O-])c2)cc1C. The Bertz CT molecular complexity index is 1300. The van der Waals surface area contributed by atoms with E-state index in [-0.39, 0.29) is 16.7 Å². The summed E-state index contributed by atoms with van der Waals surface area (Å²) >= 11 is 0. The molecule has 7 nitrogen and oxygen atoms in total. The van der Waals surface area contributed by atoms with Gasteiger partial charge in [-0.25, -0.2) is 4.79 Å². The lowest BCUT2D eigenvalue weighted by Gasteiger charge is -2.31. The quantitative estimate of drug-likeness (QED) is 0.287. The van der Waals surface area contributed by atoms with Crippen LogP contribution in [-0.2, 0) is 11.3 Å². The van der Waals surface area contributed by atoms with Crippen molar-refractivity contribution in [3.63, 3.8) is 0 Å². The Morgan fingerprint density at radius 2 is 1.82 bits per heavy atom. The molecule has 1 aliphatic rings. The van der Waals surface area contributed by atoms with Gasteiger partial charge in [-0.1, -0.05) is 31.1 Å². The van der Waals surface area contributed by atoms with Gasteiger partial charge in [0.25, 0.3) is 5.69 Å². The second-order valence-electron chi connectivity index (χ2n) is 9.49. The number of benzene rings is 2. The molecule has 3 aromatic rings. The molecule has 0 saturated carbocycles. The third-order valence-electron chi connectivity index (χ3n) is 6.17. The number of nitro benzene ring substituents is 1. The molecule has 0 fully saturated rings. The number of aromatic nitrogens is 1. The molecule has 0 amide bonds. The molecule has 4 rings (SSSR count). The van der Waals surface area contributed by atoms with Crippen molar-refractivity contribution >= 4 is 17.4 Å². The Morgan fingerprint density at radius 1 is 1.06 bits per heavy atom. The third kappa shape index (κ3) is 4.44. The highest BCUT2D eigenvalue weighted by atomic mass is 16.7. The van der Waals surface area contributed by atoms with Crippen LogP contribution in [0, 0.1) is 36.3 Å². The van der Waals surface area contributed by atoms with E-state index in [0.717, 1.165) is 29.1 Å². The molecule has 0 spiro atoms. The number of hydrogen-bond acceptors (Lipinski definition) is 5. The number of nitro groups is 1. The summed E-state index contributed by atoms with van der Waals surface area (Å²) in [5.41, 5.74) is 7.30. The highest BCUT2D eigenvalue weighted by Crippen LogP contribution is 2.38. The van der Waals surface area contributed by atoms with Crippen molar-refractivity contribution in [2.75, 3.05) is 0 Å². The van der Waals surface area contributed by atoms with Crippen LogP contribution < -0.4 is 0 Å². The molecule has 0 bridgehead atoms. The predicted octanol–water partition coefficient (Wildman–Crippen LogP) is 5.84. The molecule has 0 saturated heterocycles. The number of nitrogens with zero attached hydrogens (tertiary/aromatic N) is 3. The van der Waals surface area contributed by atoms with E-state index in [0.29, 0.717) is 12.1 Å². The second kappa shape index (κ2) is 8.31. The fraction of sp³-hybridized carbons (Fsp3) is 0.308. The molecule has 2 aromatic carbocycles. The van der Waals surface area contributed by atoms with Crippen LogP contribution in [0.5, 0.6) is 0 Å². The molecule has 0 radical (unpaired) electrons. The molecule has 0 aliphatic heterocycles. The summed E-state index contributed by atoms with van der Waals surface area (Å²) in [6, 6.07) is 14.0. The largest absolute Gasteiger partial charge is 0.365 e. The van der Waals surface area contributed by atoms with E-state index in [9.17, 15) is 14.9 Å². The smallest absolute Gasteiger partial charge is 0.318 e. The number of rotatable bonds is 4. The monoisotopic (exact) mass is 445 g/mol. The summed E-state index contributed by atoms with van der Waals surface area (Å²) in [4.78, 5) is 28.3. The zero-order valence-corrected chi connectivity index (χ0v) is 19.5. The van der Waals surface area contributed by atoms with E-state index in [1.807, 2.05) is 0 Å². The van der Waals surface area contributed by atoms with Gasteiger partial charge >= 0.3 is 5.97 Å². The van der Waals surface area contributed by atoms with Crippen molar-refractivity contribution in [3.8, 4) is 5.69 Å². The Labute approximate surface area is 192 Å². The van der Waals surface area contributed by atoms with Crippen LogP contribution in [0.2, 0.25) is 0 Å². The van der Waals surface area contributed by atoms with E-state index in [1.165, 1.54) is 35.4 Å². The van der Waals surface area contributed by atoms with Crippen LogP contribution in [0.25, 0.3) is 5.69 Å². The number of fused-ring (bicyclic) bond motifs is 1. The minimum atomic E-state index is -0.721. The summed E-state index contributed by atoms with van der Waals surface area (Å²) < 4.78 is 2.25. The van der Waals surface area contributed by atoms with Gasteiger partial charge in [0.15, 0.2) is 0 Å². The van der Waals surface area contributed by atoms with Crippen molar-refractivity contribution < 1.29 is 14.6 Å². The van der Waals surface area contributed by atoms with Crippen molar-refractivity contribution in [3.05, 3.63) is 92.3 Å².